The molecule has 0 bridgehead atoms. The summed E-state index contributed by atoms with van der Waals surface area (Å²) in [5.74, 6) is 2.67. The molecule has 5 heterocycles. The van der Waals surface area contributed by atoms with Gasteiger partial charge in [-0.2, -0.15) is 0 Å². The van der Waals surface area contributed by atoms with E-state index in [1.54, 1.807) is 22.2 Å². The standard InChI is InChI=1S/C25H21N5O2S/c1-13-5-7-18(14(2)9-13)31-11-17-6-8-19(32-17)23-28-24-22-21(26-12-30(24)29-23)20-15(3)10-16(4)27-25(20)33-22/h5-10,12H,11H2,1-4H3. The third-order valence-electron chi connectivity index (χ3n) is 5.68. The van der Waals surface area contributed by atoms with Crippen molar-refractivity contribution in [3.63, 3.8) is 0 Å². The Morgan fingerprint density at radius 3 is 2.73 bits per heavy atom. The predicted octanol–water partition coefficient (Wildman–Crippen LogP) is 5.96. The monoisotopic (exact) mass is 455 g/mol. The van der Waals surface area contributed by atoms with E-state index in [9.17, 15) is 0 Å². The van der Waals surface area contributed by atoms with Crippen LogP contribution in [0.4, 0.5) is 0 Å². The van der Waals surface area contributed by atoms with Gasteiger partial charge in [0.25, 0.3) is 0 Å². The van der Waals surface area contributed by atoms with E-state index >= 15 is 0 Å². The number of hydrogen-bond acceptors (Lipinski definition) is 7. The minimum absolute atomic E-state index is 0.337. The summed E-state index contributed by atoms with van der Waals surface area (Å²) >= 11 is 1.59. The second kappa shape index (κ2) is 7.38. The number of thiophene rings is 1. The van der Waals surface area contributed by atoms with Crippen LogP contribution in [0.5, 0.6) is 5.75 Å². The number of aryl methyl sites for hydroxylation is 4. The highest BCUT2D eigenvalue weighted by molar-refractivity contribution is 7.26. The fraction of sp³-hybridized carbons (Fsp3) is 0.200. The number of hydrogen-bond donors (Lipinski definition) is 0. The molecule has 8 heteroatoms. The Hall–Kier alpha value is -3.78. The molecule has 0 N–H and O–H groups in total. The molecule has 0 saturated carbocycles. The van der Waals surface area contributed by atoms with Gasteiger partial charge in [-0.3, -0.25) is 0 Å². The minimum atomic E-state index is 0.337. The Morgan fingerprint density at radius 1 is 1.00 bits per heavy atom. The number of nitrogens with zero attached hydrogens (tertiary/aromatic N) is 5. The molecule has 0 fully saturated rings. The Balaban J connectivity index is 1.34. The van der Waals surface area contributed by atoms with E-state index in [0.29, 0.717) is 24.0 Å². The summed E-state index contributed by atoms with van der Waals surface area (Å²) in [5, 5.41) is 5.67. The molecule has 0 saturated heterocycles. The first-order valence-electron chi connectivity index (χ1n) is 10.7. The highest BCUT2D eigenvalue weighted by atomic mass is 32.1. The number of rotatable bonds is 4. The lowest BCUT2D eigenvalue weighted by atomic mass is 10.1. The van der Waals surface area contributed by atoms with Crippen molar-refractivity contribution < 1.29 is 9.15 Å². The third kappa shape index (κ3) is 3.34. The largest absolute Gasteiger partial charge is 0.485 e. The van der Waals surface area contributed by atoms with Crippen molar-refractivity contribution in [2.45, 2.75) is 34.3 Å². The number of aromatic nitrogens is 5. The minimum Gasteiger partial charge on any atom is -0.485 e. The van der Waals surface area contributed by atoms with Crippen LogP contribution in [0.1, 0.15) is 28.1 Å². The molecule has 0 aliphatic carbocycles. The van der Waals surface area contributed by atoms with Crippen LogP contribution in [0.3, 0.4) is 0 Å². The normalized spacial score (nSPS) is 11.8. The molecule has 164 valence electrons. The van der Waals surface area contributed by atoms with Gasteiger partial charge in [0.05, 0.1) is 5.52 Å². The zero-order valence-corrected chi connectivity index (χ0v) is 19.5. The van der Waals surface area contributed by atoms with Gasteiger partial charge >= 0.3 is 0 Å². The van der Waals surface area contributed by atoms with Gasteiger partial charge < -0.3 is 9.15 Å². The molecule has 6 rings (SSSR count). The average Bonchev–Trinajstić information content (AvgIpc) is 3.48. The number of furan rings is 1. The van der Waals surface area contributed by atoms with Crippen LogP contribution in [0.2, 0.25) is 0 Å². The molecule has 1 aromatic carbocycles. The summed E-state index contributed by atoms with van der Waals surface area (Å²) in [6.45, 7) is 8.54. The second-order valence-electron chi connectivity index (χ2n) is 8.31. The molecule has 0 atom stereocenters. The molecular formula is C25H21N5O2S. The molecule has 0 radical (unpaired) electrons. The number of fused-ring (bicyclic) bond motifs is 5. The van der Waals surface area contributed by atoms with Gasteiger partial charge in [0.15, 0.2) is 11.4 Å². The molecule has 6 aromatic rings. The topological polar surface area (TPSA) is 78.3 Å². The third-order valence-corrected chi connectivity index (χ3v) is 6.74. The van der Waals surface area contributed by atoms with E-state index < -0.39 is 0 Å². The van der Waals surface area contributed by atoms with Crippen molar-refractivity contribution in [2.24, 2.45) is 0 Å². The highest BCUT2D eigenvalue weighted by Gasteiger charge is 2.18. The highest BCUT2D eigenvalue weighted by Crippen LogP contribution is 2.36. The van der Waals surface area contributed by atoms with Crippen molar-refractivity contribution in [1.82, 2.24) is 24.6 Å². The van der Waals surface area contributed by atoms with Crippen LogP contribution in [-0.2, 0) is 6.61 Å². The van der Waals surface area contributed by atoms with Crippen LogP contribution in [0.15, 0.2) is 47.1 Å². The number of pyridine rings is 1. The summed E-state index contributed by atoms with van der Waals surface area (Å²) < 4.78 is 14.6. The molecule has 0 aliphatic rings. The molecule has 0 aliphatic heterocycles. The van der Waals surface area contributed by atoms with E-state index in [-0.39, 0.29) is 0 Å². The van der Waals surface area contributed by atoms with E-state index in [0.717, 1.165) is 43.1 Å². The summed E-state index contributed by atoms with van der Waals surface area (Å²) in [5.41, 5.74) is 6.13. The van der Waals surface area contributed by atoms with Crippen LogP contribution in [0.25, 0.3) is 37.7 Å². The van der Waals surface area contributed by atoms with E-state index in [1.165, 1.54) is 11.1 Å². The van der Waals surface area contributed by atoms with Gasteiger partial charge in [0, 0.05) is 11.1 Å². The number of benzene rings is 1. The number of ether oxygens (including phenoxy) is 1. The fourth-order valence-corrected chi connectivity index (χ4v) is 5.38. The quantitative estimate of drug-likeness (QED) is 0.326. The van der Waals surface area contributed by atoms with E-state index in [1.807, 2.05) is 38.1 Å². The van der Waals surface area contributed by atoms with Crippen molar-refractivity contribution in [1.29, 1.82) is 0 Å². The van der Waals surface area contributed by atoms with Crippen molar-refractivity contribution >= 4 is 37.4 Å². The van der Waals surface area contributed by atoms with Gasteiger partial charge in [-0.05, 0) is 63.1 Å². The van der Waals surface area contributed by atoms with Crippen LogP contribution in [0, 0.1) is 27.7 Å². The second-order valence-corrected chi connectivity index (χ2v) is 9.31. The lowest BCUT2D eigenvalue weighted by Crippen LogP contribution is -1.95. The smallest absolute Gasteiger partial charge is 0.218 e. The first kappa shape index (κ1) is 19.9. The van der Waals surface area contributed by atoms with E-state index in [2.05, 4.69) is 36.1 Å². The summed E-state index contributed by atoms with van der Waals surface area (Å²) in [6, 6.07) is 12.0. The van der Waals surface area contributed by atoms with Crippen molar-refractivity contribution in [3.05, 3.63) is 70.9 Å². The molecule has 0 spiro atoms. The predicted molar refractivity (Wildman–Crippen MR) is 129 cm³/mol. The van der Waals surface area contributed by atoms with Gasteiger partial charge in [-0.25, -0.2) is 19.5 Å². The SMILES string of the molecule is Cc1ccc(OCc2ccc(-c3nc4c5sc6nc(C)cc(C)c6c5ncn4n3)o2)c(C)c1. The van der Waals surface area contributed by atoms with E-state index in [4.69, 9.17) is 19.1 Å². The maximum atomic E-state index is 6.00. The molecule has 0 amide bonds. The Kier molecular flexibility index (Phi) is 4.45. The van der Waals surface area contributed by atoms with Gasteiger partial charge in [-0.1, -0.05) is 17.7 Å². The average molecular weight is 456 g/mol. The Bertz CT molecular complexity index is 1680. The van der Waals surface area contributed by atoms with Crippen LogP contribution >= 0.6 is 11.3 Å². The summed E-state index contributed by atoms with van der Waals surface area (Å²) in [7, 11) is 0. The lowest BCUT2D eigenvalue weighted by Gasteiger charge is -2.08. The summed E-state index contributed by atoms with van der Waals surface area (Å²) in [6.07, 6.45) is 1.70. The maximum absolute atomic E-state index is 6.00. The first-order valence-corrected chi connectivity index (χ1v) is 11.5. The fourth-order valence-electron chi connectivity index (χ4n) is 4.16. The Morgan fingerprint density at radius 2 is 1.88 bits per heavy atom. The van der Waals surface area contributed by atoms with Crippen molar-refractivity contribution in [2.75, 3.05) is 0 Å². The van der Waals surface area contributed by atoms with Gasteiger partial charge in [0.2, 0.25) is 5.82 Å². The molecule has 5 aromatic heterocycles. The van der Waals surface area contributed by atoms with Crippen LogP contribution in [-0.4, -0.2) is 24.6 Å². The molecule has 0 unspecified atom stereocenters. The van der Waals surface area contributed by atoms with Crippen LogP contribution < -0.4 is 4.74 Å². The molecule has 7 nitrogen and oxygen atoms in total. The maximum Gasteiger partial charge on any atom is 0.218 e. The van der Waals surface area contributed by atoms with Crippen molar-refractivity contribution in [3.8, 4) is 17.3 Å². The van der Waals surface area contributed by atoms with Gasteiger partial charge in [-0.15, -0.1) is 16.4 Å². The Labute approximate surface area is 193 Å². The molecular weight excluding hydrogens is 434 g/mol. The zero-order chi connectivity index (χ0) is 22.7. The first-order chi connectivity index (χ1) is 16.0. The summed E-state index contributed by atoms with van der Waals surface area (Å²) in [4.78, 5) is 15.1. The molecule has 33 heavy (non-hydrogen) atoms. The van der Waals surface area contributed by atoms with Gasteiger partial charge in [0.1, 0.15) is 34.0 Å². The lowest BCUT2D eigenvalue weighted by molar-refractivity contribution is 0.270. The zero-order valence-electron chi connectivity index (χ0n) is 18.7.